The van der Waals surface area contributed by atoms with Crippen LogP contribution in [0, 0.1) is 0 Å². The molecule has 0 amide bonds. The molecule has 5 heteroatoms. The van der Waals surface area contributed by atoms with Crippen molar-refractivity contribution in [1.29, 1.82) is 0 Å². The van der Waals surface area contributed by atoms with Crippen LogP contribution in [0.25, 0.3) is 0 Å². The first kappa shape index (κ1) is 19.1. The predicted molar refractivity (Wildman–Crippen MR) is 76.8 cm³/mol. The summed E-state index contributed by atoms with van der Waals surface area (Å²) in [6, 6.07) is 0. The summed E-state index contributed by atoms with van der Waals surface area (Å²) >= 11 is 0. The minimum atomic E-state index is 0.694. The monoisotopic (exact) mass is 247 g/mol. The molecule has 0 unspecified atom stereocenters. The normalized spacial score (nSPS) is 9.88. The maximum atomic E-state index is 5.35. The Labute approximate surface area is 107 Å². The Morgan fingerprint density at radius 3 is 1.12 bits per heavy atom. The lowest BCUT2D eigenvalue weighted by Gasteiger charge is -1.97. The number of nitrogens with two attached hydrogens (primary N) is 4. The van der Waals surface area contributed by atoms with E-state index in [4.69, 9.17) is 22.9 Å². The Kier molecular flexibility index (Phi) is 23.8. The van der Waals surface area contributed by atoms with Gasteiger partial charge in [0.2, 0.25) is 0 Å². The lowest BCUT2D eigenvalue weighted by atomic mass is 10.1. The van der Waals surface area contributed by atoms with Gasteiger partial charge in [0.05, 0.1) is 0 Å². The lowest BCUT2D eigenvalue weighted by Crippen LogP contribution is -2.27. The van der Waals surface area contributed by atoms with Crippen molar-refractivity contribution in [2.24, 2.45) is 22.9 Å². The fourth-order valence-corrected chi connectivity index (χ4v) is 1.32. The predicted octanol–water partition coefficient (Wildman–Crippen LogP) is -0.262. The van der Waals surface area contributed by atoms with Gasteiger partial charge in [-0.15, -0.1) is 0 Å². The molecule has 0 aliphatic rings. The molecule has 0 radical (unpaired) electrons. The largest absolute Gasteiger partial charge is 0.330 e. The molecular weight excluding hydrogens is 214 g/mol. The third-order valence-corrected chi connectivity index (χ3v) is 2.30. The molecule has 9 N–H and O–H groups in total. The third-order valence-electron chi connectivity index (χ3n) is 2.30. The van der Waals surface area contributed by atoms with Crippen molar-refractivity contribution in [2.75, 3.05) is 39.3 Å². The maximum Gasteiger partial charge on any atom is 0.00750 e. The first-order chi connectivity index (χ1) is 8.33. The van der Waals surface area contributed by atoms with Gasteiger partial charge in [0.25, 0.3) is 0 Å². The quantitative estimate of drug-likeness (QED) is 0.323. The van der Waals surface area contributed by atoms with Crippen molar-refractivity contribution < 1.29 is 0 Å². The van der Waals surface area contributed by atoms with Crippen LogP contribution in [0.3, 0.4) is 0 Å². The molecule has 0 rings (SSSR count). The molecule has 0 aromatic heterocycles. The SMILES string of the molecule is NCCCCCCCCN.NCCNCCN. The molecule has 0 aromatic carbocycles. The first-order valence-electron chi connectivity index (χ1n) is 6.84. The van der Waals surface area contributed by atoms with Crippen molar-refractivity contribution in [1.82, 2.24) is 5.32 Å². The zero-order valence-corrected chi connectivity index (χ0v) is 11.3. The van der Waals surface area contributed by atoms with Crippen LogP contribution < -0.4 is 28.3 Å². The Morgan fingerprint density at radius 1 is 0.471 bits per heavy atom. The lowest BCUT2D eigenvalue weighted by molar-refractivity contribution is 0.601. The van der Waals surface area contributed by atoms with Crippen LogP contribution >= 0.6 is 0 Å². The second-order valence-corrected chi connectivity index (χ2v) is 4.03. The zero-order chi connectivity index (χ0) is 13.2. The van der Waals surface area contributed by atoms with E-state index in [0.717, 1.165) is 26.2 Å². The van der Waals surface area contributed by atoms with E-state index in [1.165, 1.54) is 38.5 Å². The van der Waals surface area contributed by atoms with Gasteiger partial charge < -0.3 is 28.3 Å². The van der Waals surface area contributed by atoms with E-state index in [2.05, 4.69) is 5.32 Å². The molecule has 17 heavy (non-hydrogen) atoms. The third kappa shape index (κ3) is 25.8. The molecule has 0 aliphatic heterocycles. The van der Waals surface area contributed by atoms with Gasteiger partial charge in [0.15, 0.2) is 0 Å². The Bertz CT molecular complexity index is 99.1. The number of hydrogen-bond donors (Lipinski definition) is 5. The number of unbranched alkanes of at least 4 members (excludes halogenated alkanes) is 5. The van der Waals surface area contributed by atoms with Crippen LogP contribution in [-0.2, 0) is 0 Å². The fourth-order valence-electron chi connectivity index (χ4n) is 1.32. The van der Waals surface area contributed by atoms with Crippen LogP contribution in [0.5, 0.6) is 0 Å². The summed E-state index contributed by atoms with van der Waals surface area (Å²) in [4.78, 5) is 0. The van der Waals surface area contributed by atoms with E-state index in [9.17, 15) is 0 Å². The van der Waals surface area contributed by atoms with Gasteiger partial charge in [0, 0.05) is 26.2 Å². The molecule has 0 heterocycles. The van der Waals surface area contributed by atoms with E-state index in [1.807, 2.05) is 0 Å². The van der Waals surface area contributed by atoms with Crippen molar-refractivity contribution >= 4 is 0 Å². The smallest absolute Gasteiger partial charge is 0.00750 e. The Morgan fingerprint density at radius 2 is 0.824 bits per heavy atom. The van der Waals surface area contributed by atoms with E-state index >= 15 is 0 Å². The van der Waals surface area contributed by atoms with Crippen LogP contribution in [-0.4, -0.2) is 39.3 Å². The van der Waals surface area contributed by atoms with Gasteiger partial charge in [-0.25, -0.2) is 0 Å². The molecule has 0 bridgehead atoms. The van der Waals surface area contributed by atoms with Gasteiger partial charge in [-0.2, -0.15) is 0 Å². The molecule has 0 saturated heterocycles. The summed E-state index contributed by atoms with van der Waals surface area (Å²) < 4.78 is 0. The first-order valence-corrected chi connectivity index (χ1v) is 6.84. The van der Waals surface area contributed by atoms with Gasteiger partial charge in [-0.05, 0) is 25.9 Å². The molecule has 5 nitrogen and oxygen atoms in total. The minimum Gasteiger partial charge on any atom is -0.330 e. The highest BCUT2D eigenvalue weighted by Crippen LogP contribution is 2.03. The van der Waals surface area contributed by atoms with Gasteiger partial charge in [-0.1, -0.05) is 25.7 Å². The Hall–Kier alpha value is -0.200. The number of nitrogens with one attached hydrogen (secondary N) is 1. The van der Waals surface area contributed by atoms with Crippen LogP contribution in [0.15, 0.2) is 0 Å². The fraction of sp³-hybridized carbons (Fsp3) is 1.00. The molecule has 0 aliphatic carbocycles. The number of hydrogen-bond acceptors (Lipinski definition) is 5. The molecule has 0 fully saturated rings. The van der Waals surface area contributed by atoms with E-state index in [0.29, 0.717) is 13.1 Å². The Balaban J connectivity index is 0. The zero-order valence-electron chi connectivity index (χ0n) is 11.3. The van der Waals surface area contributed by atoms with Gasteiger partial charge in [-0.3, -0.25) is 0 Å². The summed E-state index contributed by atoms with van der Waals surface area (Å²) in [7, 11) is 0. The second-order valence-electron chi connectivity index (χ2n) is 4.03. The summed E-state index contributed by atoms with van der Waals surface area (Å²) in [6.45, 7) is 4.82. The van der Waals surface area contributed by atoms with E-state index in [-0.39, 0.29) is 0 Å². The summed E-state index contributed by atoms with van der Waals surface area (Å²) in [5, 5.41) is 3.03. The van der Waals surface area contributed by atoms with Crippen molar-refractivity contribution in [3.63, 3.8) is 0 Å². The highest BCUT2D eigenvalue weighted by Gasteiger charge is 1.87. The highest BCUT2D eigenvalue weighted by atomic mass is 14.9. The van der Waals surface area contributed by atoms with Crippen LogP contribution in [0.1, 0.15) is 38.5 Å². The summed E-state index contributed by atoms with van der Waals surface area (Å²) in [6.07, 6.45) is 7.61. The second kappa shape index (κ2) is 21.1. The molecule has 0 atom stereocenters. The van der Waals surface area contributed by atoms with Gasteiger partial charge >= 0.3 is 0 Å². The minimum absolute atomic E-state index is 0.694. The average Bonchev–Trinajstić information content (AvgIpc) is 2.35. The molecule has 0 saturated carbocycles. The standard InChI is InChI=1S/C8H20N2.C4H13N3/c9-7-5-3-1-2-4-6-8-10;5-1-3-7-4-2-6/h1-10H2;7H,1-6H2. The van der Waals surface area contributed by atoms with E-state index < -0.39 is 0 Å². The van der Waals surface area contributed by atoms with Crippen LogP contribution in [0.2, 0.25) is 0 Å². The van der Waals surface area contributed by atoms with Crippen molar-refractivity contribution in [3.05, 3.63) is 0 Å². The molecule has 0 spiro atoms. The topological polar surface area (TPSA) is 116 Å². The highest BCUT2D eigenvalue weighted by molar-refractivity contribution is 4.46. The van der Waals surface area contributed by atoms with Crippen molar-refractivity contribution in [2.45, 2.75) is 38.5 Å². The summed E-state index contributed by atoms with van der Waals surface area (Å²) in [5.41, 5.74) is 21.0. The van der Waals surface area contributed by atoms with Crippen molar-refractivity contribution in [3.8, 4) is 0 Å². The van der Waals surface area contributed by atoms with Gasteiger partial charge in [0.1, 0.15) is 0 Å². The van der Waals surface area contributed by atoms with Crippen LogP contribution in [0.4, 0.5) is 0 Å². The maximum absolute atomic E-state index is 5.35. The average molecular weight is 247 g/mol. The van der Waals surface area contributed by atoms with E-state index in [1.54, 1.807) is 0 Å². The molecular formula is C12H33N5. The summed E-state index contributed by atoms with van der Waals surface area (Å²) in [5.74, 6) is 0. The molecule has 106 valence electrons. The molecule has 0 aromatic rings. The number of rotatable bonds is 11.